The molecule has 2 aliphatic heterocycles. The normalized spacial score (nSPS) is 21.6. The molecule has 2 heterocycles. The van der Waals surface area contributed by atoms with E-state index in [1.54, 1.807) is 12.1 Å². The lowest BCUT2D eigenvalue weighted by molar-refractivity contribution is -0.132. The van der Waals surface area contributed by atoms with Gasteiger partial charge in [-0.2, -0.15) is 0 Å². The summed E-state index contributed by atoms with van der Waals surface area (Å²) in [6.07, 6.45) is 3.26. The number of thiocarbonyl (C=S) groups is 1. The number of hydrogen-bond acceptors (Lipinski definition) is 4. The van der Waals surface area contributed by atoms with Crippen LogP contribution in [0.25, 0.3) is 6.08 Å². The molecule has 2 amide bonds. The van der Waals surface area contributed by atoms with Crippen molar-refractivity contribution in [3.8, 4) is 0 Å². The van der Waals surface area contributed by atoms with Crippen molar-refractivity contribution in [3.63, 3.8) is 0 Å². The van der Waals surface area contributed by atoms with E-state index >= 15 is 4.39 Å². The number of amides is 2. The van der Waals surface area contributed by atoms with Gasteiger partial charge in [-0.1, -0.05) is 13.8 Å². The maximum absolute atomic E-state index is 15.1. The number of carbonyl (C=O) groups is 2. The largest absolute Gasteiger partial charge is 0.366 e. The van der Waals surface area contributed by atoms with Gasteiger partial charge in [-0.25, -0.2) is 4.39 Å². The molecule has 3 rings (SSSR count). The van der Waals surface area contributed by atoms with Gasteiger partial charge < -0.3 is 4.90 Å². The van der Waals surface area contributed by atoms with Gasteiger partial charge in [0.2, 0.25) is 0 Å². The fourth-order valence-corrected chi connectivity index (χ4v) is 4.57. The van der Waals surface area contributed by atoms with Crippen LogP contribution in [0.2, 0.25) is 0 Å². The van der Waals surface area contributed by atoms with Gasteiger partial charge in [0, 0.05) is 37.4 Å². The number of carbonyl (C=O) groups excluding carboxylic acids is 2. The molecule has 1 atom stereocenters. The first-order valence-electron chi connectivity index (χ1n) is 9.92. The molecule has 1 aromatic carbocycles. The number of likely N-dealkylation sites (N-methyl/N-ethyl adjacent to an activating group) is 2. The van der Waals surface area contributed by atoms with Crippen LogP contribution >= 0.6 is 12.2 Å². The van der Waals surface area contributed by atoms with Crippen molar-refractivity contribution in [1.82, 2.24) is 9.80 Å². The minimum absolute atomic E-state index is 0.0642. The van der Waals surface area contributed by atoms with Gasteiger partial charge in [0.1, 0.15) is 11.4 Å². The lowest BCUT2D eigenvalue weighted by Crippen LogP contribution is -2.52. The molecule has 0 aliphatic carbocycles. The molecular weight excluding hydrogens is 389 g/mol. The van der Waals surface area contributed by atoms with Gasteiger partial charge >= 0.3 is 0 Å². The van der Waals surface area contributed by atoms with Crippen molar-refractivity contribution in [3.05, 3.63) is 34.6 Å². The topological polar surface area (TPSA) is 43.9 Å². The molecule has 1 fully saturated rings. The standard InChI is InChI=1S/C22H28FN3O2S/c1-7-8-26-18-11-17(23)14(9-15(18)13(2)12-22(26,3)4)10-16-19(27)24(5)21(29)25(6)20(16)28/h9-11,13H,7-8,12H2,1-6H3. The molecule has 1 unspecified atom stereocenters. The van der Waals surface area contributed by atoms with E-state index in [4.69, 9.17) is 12.2 Å². The Morgan fingerprint density at radius 2 is 1.79 bits per heavy atom. The number of rotatable bonds is 3. The molecule has 0 bridgehead atoms. The third-order valence-electron chi connectivity index (χ3n) is 5.90. The second kappa shape index (κ2) is 7.52. The Labute approximate surface area is 177 Å². The lowest BCUT2D eigenvalue weighted by atomic mass is 9.79. The summed E-state index contributed by atoms with van der Waals surface area (Å²) in [6.45, 7) is 9.46. The van der Waals surface area contributed by atoms with Crippen LogP contribution in [0.3, 0.4) is 0 Å². The lowest BCUT2D eigenvalue weighted by Gasteiger charge is -2.47. The van der Waals surface area contributed by atoms with E-state index in [1.165, 1.54) is 30.0 Å². The summed E-state index contributed by atoms with van der Waals surface area (Å²) in [5.41, 5.74) is 2.03. The van der Waals surface area contributed by atoms with Crippen molar-refractivity contribution in [2.45, 2.75) is 52.0 Å². The Bertz CT molecular complexity index is 899. The number of nitrogens with zero attached hydrogens (tertiary/aromatic N) is 3. The fourth-order valence-electron chi connectivity index (χ4n) is 4.41. The van der Waals surface area contributed by atoms with Crippen molar-refractivity contribution in [2.24, 2.45) is 0 Å². The highest BCUT2D eigenvalue weighted by Crippen LogP contribution is 2.44. The molecule has 29 heavy (non-hydrogen) atoms. The number of halogens is 1. The van der Waals surface area contributed by atoms with Gasteiger partial charge in [0.05, 0.1) is 0 Å². The van der Waals surface area contributed by atoms with Crippen LogP contribution in [0.4, 0.5) is 10.1 Å². The average molecular weight is 418 g/mol. The second-order valence-corrected chi connectivity index (χ2v) is 8.94. The van der Waals surface area contributed by atoms with Crippen LogP contribution in [0, 0.1) is 5.82 Å². The number of benzene rings is 1. The van der Waals surface area contributed by atoms with Crippen molar-refractivity contribution in [2.75, 3.05) is 25.5 Å². The van der Waals surface area contributed by atoms with Crippen LogP contribution in [0.1, 0.15) is 57.6 Å². The predicted octanol–water partition coefficient (Wildman–Crippen LogP) is 3.93. The van der Waals surface area contributed by atoms with E-state index in [0.29, 0.717) is 0 Å². The predicted molar refractivity (Wildman–Crippen MR) is 117 cm³/mol. The minimum atomic E-state index is -0.517. The van der Waals surface area contributed by atoms with E-state index in [1.807, 2.05) is 0 Å². The van der Waals surface area contributed by atoms with Crippen molar-refractivity contribution in [1.29, 1.82) is 0 Å². The van der Waals surface area contributed by atoms with Crippen LogP contribution in [0.15, 0.2) is 17.7 Å². The Kier molecular flexibility index (Phi) is 5.56. The minimum Gasteiger partial charge on any atom is -0.366 e. The second-order valence-electron chi connectivity index (χ2n) is 8.57. The maximum atomic E-state index is 15.1. The summed E-state index contributed by atoms with van der Waals surface area (Å²) in [6, 6.07) is 3.33. The molecule has 0 radical (unpaired) electrons. The highest BCUT2D eigenvalue weighted by atomic mass is 32.1. The highest BCUT2D eigenvalue weighted by Gasteiger charge is 2.38. The molecule has 0 spiro atoms. The van der Waals surface area contributed by atoms with Gasteiger partial charge in [0.15, 0.2) is 5.11 Å². The SMILES string of the molecule is CCCN1c2cc(F)c(C=C3C(=O)N(C)C(=S)N(C)C3=O)cc2C(C)CC1(C)C. The van der Waals surface area contributed by atoms with Crippen LogP contribution in [-0.2, 0) is 9.59 Å². The molecule has 0 saturated carbocycles. The third-order valence-corrected chi connectivity index (χ3v) is 6.44. The Morgan fingerprint density at radius 1 is 1.21 bits per heavy atom. The van der Waals surface area contributed by atoms with E-state index in [-0.39, 0.29) is 27.7 Å². The molecule has 0 aromatic heterocycles. The molecule has 5 nitrogen and oxygen atoms in total. The molecule has 1 aromatic rings. The molecule has 1 saturated heterocycles. The Hall–Kier alpha value is -2.28. The summed E-state index contributed by atoms with van der Waals surface area (Å²) in [7, 11) is 3.02. The van der Waals surface area contributed by atoms with Crippen LogP contribution in [0.5, 0.6) is 0 Å². The molecule has 7 heteroatoms. The quantitative estimate of drug-likeness (QED) is 0.425. The summed E-state index contributed by atoms with van der Waals surface area (Å²) < 4.78 is 15.1. The molecule has 156 valence electrons. The van der Waals surface area contributed by atoms with E-state index < -0.39 is 17.6 Å². The summed E-state index contributed by atoms with van der Waals surface area (Å²) in [5, 5.41) is 0.133. The van der Waals surface area contributed by atoms with Gasteiger partial charge in [-0.05, 0) is 68.6 Å². The Balaban J connectivity index is 2.11. The summed E-state index contributed by atoms with van der Waals surface area (Å²) in [5.74, 6) is -1.24. The van der Waals surface area contributed by atoms with Crippen molar-refractivity contribution < 1.29 is 14.0 Å². The smallest absolute Gasteiger partial charge is 0.265 e. The zero-order valence-electron chi connectivity index (χ0n) is 17.9. The van der Waals surface area contributed by atoms with Gasteiger partial charge in [-0.15, -0.1) is 0 Å². The van der Waals surface area contributed by atoms with E-state index in [0.717, 1.165) is 30.6 Å². The van der Waals surface area contributed by atoms with Gasteiger partial charge in [-0.3, -0.25) is 19.4 Å². The monoisotopic (exact) mass is 417 g/mol. The Morgan fingerprint density at radius 3 is 2.34 bits per heavy atom. The van der Waals surface area contributed by atoms with E-state index in [9.17, 15) is 9.59 Å². The first-order chi connectivity index (χ1) is 13.5. The third kappa shape index (κ3) is 3.56. The summed E-state index contributed by atoms with van der Waals surface area (Å²) >= 11 is 5.11. The first kappa shape index (κ1) is 21.4. The number of fused-ring (bicyclic) bond motifs is 1. The number of anilines is 1. The summed E-state index contributed by atoms with van der Waals surface area (Å²) in [4.78, 5) is 29.9. The molecule has 2 aliphatic rings. The molecular formula is C22H28FN3O2S. The van der Waals surface area contributed by atoms with Crippen LogP contribution in [-0.4, -0.2) is 52.9 Å². The fraction of sp³-hybridized carbons (Fsp3) is 0.500. The average Bonchev–Trinajstić information content (AvgIpc) is 2.65. The van der Waals surface area contributed by atoms with Gasteiger partial charge in [0.25, 0.3) is 11.8 Å². The van der Waals surface area contributed by atoms with Crippen molar-refractivity contribution >= 4 is 40.9 Å². The highest BCUT2D eigenvalue weighted by molar-refractivity contribution is 7.80. The zero-order valence-corrected chi connectivity index (χ0v) is 18.7. The zero-order chi connectivity index (χ0) is 21.7. The van der Waals surface area contributed by atoms with Crippen LogP contribution < -0.4 is 4.90 Å². The molecule has 0 N–H and O–H groups in total. The van der Waals surface area contributed by atoms with E-state index in [2.05, 4.69) is 32.6 Å². The maximum Gasteiger partial charge on any atom is 0.265 e. The first-order valence-corrected chi connectivity index (χ1v) is 10.3. The number of hydrogen-bond donors (Lipinski definition) is 0.